The summed E-state index contributed by atoms with van der Waals surface area (Å²) in [6.07, 6.45) is 20.4. The molecule has 1 aromatic rings. The van der Waals surface area contributed by atoms with Crippen LogP contribution in [0.5, 0.6) is 0 Å². The van der Waals surface area contributed by atoms with Gasteiger partial charge >= 0.3 is 0 Å². The summed E-state index contributed by atoms with van der Waals surface area (Å²) in [5.41, 5.74) is 11.2. The van der Waals surface area contributed by atoms with Gasteiger partial charge in [-0.05, 0) is 86.4 Å². The van der Waals surface area contributed by atoms with E-state index in [9.17, 15) is 0 Å². The summed E-state index contributed by atoms with van der Waals surface area (Å²) in [6.45, 7) is 21.6. The molecular formula is C35H48. The fourth-order valence-corrected chi connectivity index (χ4v) is 7.01. The summed E-state index contributed by atoms with van der Waals surface area (Å²) in [5.74, 6) is 0. The molecule has 0 heteroatoms. The molecule has 3 aliphatic carbocycles. The van der Waals surface area contributed by atoms with Crippen molar-refractivity contribution in [3.63, 3.8) is 0 Å². The Morgan fingerprint density at radius 1 is 0.829 bits per heavy atom. The minimum absolute atomic E-state index is 0.0742. The van der Waals surface area contributed by atoms with Crippen molar-refractivity contribution in [2.45, 2.75) is 113 Å². The Balaban J connectivity index is 2.18. The van der Waals surface area contributed by atoms with Crippen LogP contribution in [0, 0.1) is 10.8 Å². The van der Waals surface area contributed by atoms with Gasteiger partial charge in [0.25, 0.3) is 0 Å². The first-order valence-electron chi connectivity index (χ1n) is 14.2. The maximum absolute atomic E-state index is 2.66. The third-order valence-corrected chi connectivity index (χ3v) is 8.58. The van der Waals surface area contributed by atoms with Crippen LogP contribution in [0.4, 0.5) is 0 Å². The summed E-state index contributed by atoms with van der Waals surface area (Å²) >= 11 is 0. The van der Waals surface area contributed by atoms with E-state index in [2.05, 4.69) is 105 Å². The second-order valence-corrected chi connectivity index (χ2v) is 13.1. The van der Waals surface area contributed by atoms with Gasteiger partial charge in [-0.2, -0.15) is 0 Å². The molecule has 0 saturated carbocycles. The number of aryl methyl sites for hydroxylation is 1. The Hall–Kier alpha value is -2.08. The van der Waals surface area contributed by atoms with E-state index < -0.39 is 0 Å². The molecule has 3 aliphatic rings. The van der Waals surface area contributed by atoms with Gasteiger partial charge in [0.05, 0.1) is 0 Å². The smallest absolute Gasteiger partial charge is 0.0222 e. The number of allylic oxidation sites excluding steroid dienone is 8. The lowest BCUT2D eigenvalue weighted by atomic mass is 9.51. The van der Waals surface area contributed by atoms with E-state index in [0.717, 1.165) is 12.8 Å². The zero-order valence-electron chi connectivity index (χ0n) is 24.0. The van der Waals surface area contributed by atoms with Crippen LogP contribution in [0.3, 0.4) is 0 Å². The molecule has 0 saturated heterocycles. The van der Waals surface area contributed by atoms with Crippen molar-refractivity contribution < 1.29 is 0 Å². The first-order chi connectivity index (χ1) is 16.5. The summed E-state index contributed by atoms with van der Waals surface area (Å²) in [4.78, 5) is 0. The van der Waals surface area contributed by atoms with Gasteiger partial charge in [-0.15, -0.1) is 0 Å². The molecule has 0 amide bonds. The molecule has 0 spiro atoms. The Morgan fingerprint density at radius 3 is 2.09 bits per heavy atom. The molecular weight excluding hydrogens is 420 g/mol. The minimum atomic E-state index is 0.0742. The molecule has 0 nitrogen and oxygen atoms in total. The zero-order chi connectivity index (χ0) is 25.6. The second kappa shape index (κ2) is 9.42. The lowest BCUT2D eigenvalue weighted by Gasteiger charge is -2.52. The van der Waals surface area contributed by atoms with Crippen LogP contribution in [-0.4, -0.2) is 0 Å². The number of rotatable bonds is 7. The summed E-state index contributed by atoms with van der Waals surface area (Å²) in [7, 11) is 0. The lowest BCUT2D eigenvalue weighted by molar-refractivity contribution is 0.155. The SMILES string of the molecule is CCCC1=CC2=c3c(CCC)cc(C(C)(C)C)cc3=CC2=C(C2=CC=CC2)C1(CCC)C(C)(C)C. The maximum Gasteiger partial charge on any atom is 0.0222 e. The number of fused-ring (bicyclic) bond motifs is 2. The first-order valence-corrected chi connectivity index (χ1v) is 14.2. The van der Waals surface area contributed by atoms with E-state index in [4.69, 9.17) is 0 Å². The average Bonchev–Trinajstić information content (AvgIpc) is 3.41. The molecule has 188 valence electrons. The molecule has 1 aromatic carbocycles. The Bertz CT molecular complexity index is 1240. The molecule has 1 unspecified atom stereocenters. The summed E-state index contributed by atoms with van der Waals surface area (Å²) in [5, 5.41) is 2.97. The molecule has 0 radical (unpaired) electrons. The molecule has 35 heavy (non-hydrogen) atoms. The molecule has 0 heterocycles. The van der Waals surface area contributed by atoms with E-state index in [1.54, 1.807) is 22.3 Å². The van der Waals surface area contributed by atoms with Crippen molar-refractivity contribution >= 4 is 11.6 Å². The van der Waals surface area contributed by atoms with Crippen molar-refractivity contribution in [2.24, 2.45) is 10.8 Å². The van der Waals surface area contributed by atoms with Gasteiger partial charge in [-0.25, -0.2) is 0 Å². The van der Waals surface area contributed by atoms with E-state index in [1.165, 1.54) is 59.3 Å². The Kier molecular flexibility index (Phi) is 7.00. The topological polar surface area (TPSA) is 0 Å². The quantitative estimate of drug-likeness (QED) is 0.375. The highest BCUT2D eigenvalue weighted by Gasteiger charge is 2.50. The van der Waals surface area contributed by atoms with E-state index in [-0.39, 0.29) is 16.2 Å². The number of benzene rings is 1. The predicted molar refractivity (Wildman–Crippen MR) is 155 cm³/mol. The summed E-state index contributed by atoms with van der Waals surface area (Å²) < 4.78 is 0. The standard InChI is InChI=1S/C35H48/c1-10-15-25-20-28(33(4,5)6)21-26-22-30-29(31(25)26)23-27(16-11-2)35(19-12-3,34(7,8)9)32(30)24-17-13-14-18-24/h13-14,17,20-23H,10-12,15-16,18-19H2,1-9H3. The largest absolute Gasteiger partial charge is 0.0801 e. The fourth-order valence-electron chi connectivity index (χ4n) is 7.01. The van der Waals surface area contributed by atoms with Crippen LogP contribution in [0.1, 0.15) is 112 Å². The van der Waals surface area contributed by atoms with Gasteiger partial charge in [0.2, 0.25) is 0 Å². The fraction of sp³-hybridized carbons (Fsp3) is 0.543. The van der Waals surface area contributed by atoms with Crippen LogP contribution in [0.2, 0.25) is 0 Å². The summed E-state index contributed by atoms with van der Waals surface area (Å²) in [6, 6.07) is 5.02. The lowest BCUT2D eigenvalue weighted by Crippen LogP contribution is -2.42. The van der Waals surface area contributed by atoms with Crippen molar-refractivity contribution in [1.29, 1.82) is 0 Å². The minimum Gasteiger partial charge on any atom is -0.0801 e. The van der Waals surface area contributed by atoms with Crippen molar-refractivity contribution in [1.82, 2.24) is 0 Å². The maximum atomic E-state index is 2.66. The van der Waals surface area contributed by atoms with Gasteiger partial charge < -0.3 is 0 Å². The number of hydrogen-bond donors (Lipinski definition) is 0. The normalized spacial score (nSPS) is 21.7. The molecule has 4 rings (SSSR count). The van der Waals surface area contributed by atoms with Crippen molar-refractivity contribution in [3.05, 3.63) is 80.3 Å². The second-order valence-electron chi connectivity index (χ2n) is 13.1. The molecule has 1 atom stereocenters. The van der Waals surface area contributed by atoms with E-state index in [1.807, 2.05) is 0 Å². The van der Waals surface area contributed by atoms with Crippen LogP contribution in [-0.2, 0) is 11.8 Å². The third-order valence-electron chi connectivity index (χ3n) is 8.58. The highest BCUT2D eigenvalue weighted by Crippen LogP contribution is 2.61. The molecule has 0 aliphatic heterocycles. The van der Waals surface area contributed by atoms with Crippen LogP contribution in [0.15, 0.2) is 58.7 Å². The van der Waals surface area contributed by atoms with Gasteiger partial charge in [0.1, 0.15) is 0 Å². The van der Waals surface area contributed by atoms with Crippen LogP contribution < -0.4 is 10.4 Å². The monoisotopic (exact) mass is 468 g/mol. The third kappa shape index (κ3) is 4.26. The van der Waals surface area contributed by atoms with Gasteiger partial charge in [0, 0.05) is 5.41 Å². The first kappa shape index (κ1) is 26.0. The van der Waals surface area contributed by atoms with Crippen molar-refractivity contribution in [2.75, 3.05) is 0 Å². The molecule has 0 aromatic heterocycles. The molecule has 0 bridgehead atoms. The molecule has 0 N–H and O–H groups in total. The van der Waals surface area contributed by atoms with Gasteiger partial charge in [-0.3, -0.25) is 0 Å². The van der Waals surface area contributed by atoms with Crippen molar-refractivity contribution in [3.8, 4) is 0 Å². The highest BCUT2D eigenvalue weighted by molar-refractivity contribution is 5.93. The average molecular weight is 469 g/mol. The highest BCUT2D eigenvalue weighted by atomic mass is 14.5. The van der Waals surface area contributed by atoms with Gasteiger partial charge in [0.15, 0.2) is 0 Å². The van der Waals surface area contributed by atoms with E-state index in [0.29, 0.717) is 0 Å². The zero-order valence-corrected chi connectivity index (χ0v) is 24.0. The Labute approximate surface area is 215 Å². The van der Waals surface area contributed by atoms with E-state index >= 15 is 0 Å². The number of hydrogen-bond acceptors (Lipinski definition) is 0. The Morgan fingerprint density at radius 2 is 1.54 bits per heavy atom. The predicted octanol–water partition coefficient (Wildman–Crippen LogP) is 8.64. The van der Waals surface area contributed by atoms with Crippen LogP contribution in [0.25, 0.3) is 11.6 Å². The molecule has 0 fully saturated rings. The van der Waals surface area contributed by atoms with Crippen LogP contribution >= 0.6 is 0 Å². The van der Waals surface area contributed by atoms with Gasteiger partial charge in [-0.1, -0.05) is 124 Å².